The minimum absolute atomic E-state index is 0.227. The summed E-state index contributed by atoms with van der Waals surface area (Å²) < 4.78 is 6.10. The first-order valence-corrected chi connectivity index (χ1v) is 6.10. The number of hydrogen-bond donors (Lipinski definition) is 2. The van der Waals surface area contributed by atoms with Gasteiger partial charge in [0.15, 0.2) is 0 Å². The molecule has 0 aromatic heterocycles. The Kier molecular flexibility index (Phi) is 1.63. The van der Waals surface area contributed by atoms with Crippen LogP contribution in [0.25, 0.3) is 11.1 Å². The fraction of sp³-hybridized carbons (Fsp3) is 0.200. The maximum Gasteiger partial charge on any atom is 0.135 e. The van der Waals surface area contributed by atoms with Crippen LogP contribution in [-0.4, -0.2) is 5.11 Å². The van der Waals surface area contributed by atoms with E-state index in [1.165, 1.54) is 0 Å². The summed E-state index contributed by atoms with van der Waals surface area (Å²) in [7, 11) is 0. The van der Waals surface area contributed by atoms with Gasteiger partial charge in [0.25, 0.3) is 0 Å². The fourth-order valence-corrected chi connectivity index (χ4v) is 2.74. The average molecular weight is 239 g/mol. The number of rotatable bonds is 0. The summed E-state index contributed by atoms with van der Waals surface area (Å²) in [6.45, 7) is 0. The molecule has 90 valence electrons. The Labute approximate surface area is 105 Å². The topological polar surface area (TPSA) is 55.5 Å². The van der Waals surface area contributed by atoms with E-state index in [-0.39, 0.29) is 5.60 Å². The zero-order valence-corrected chi connectivity index (χ0v) is 9.81. The van der Waals surface area contributed by atoms with Crippen molar-refractivity contribution in [1.29, 1.82) is 0 Å². The molecule has 2 aromatic carbocycles. The Balaban J connectivity index is 2.02. The van der Waals surface area contributed by atoms with Crippen LogP contribution in [0.4, 0.5) is 5.69 Å². The van der Waals surface area contributed by atoms with Gasteiger partial charge in [0.2, 0.25) is 0 Å². The normalized spacial score (nSPS) is 17.8. The number of phenols is 1. The molecular weight excluding hydrogens is 226 g/mol. The summed E-state index contributed by atoms with van der Waals surface area (Å²) in [5.74, 6) is 1.15. The first-order chi connectivity index (χ1) is 8.68. The number of ether oxygens (including phenoxy) is 1. The lowest BCUT2D eigenvalue weighted by Crippen LogP contribution is -2.21. The van der Waals surface area contributed by atoms with Crippen LogP contribution in [-0.2, 0) is 5.60 Å². The second-order valence-corrected chi connectivity index (χ2v) is 5.08. The van der Waals surface area contributed by atoms with Crippen LogP contribution in [0.2, 0.25) is 0 Å². The molecule has 0 bridgehead atoms. The smallest absolute Gasteiger partial charge is 0.135 e. The second kappa shape index (κ2) is 2.99. The molecule has 1 heterocycles. The van der Waals surface area contributed by atoms with Crippen molar-refractivity contribution in [3.63, 3.8) is 0 Å². The molecule has 3 nitrogen and oxygen atoms in total. The maximum absolute atomic E-state index is 9.66. The molecule has 2 aromatic rings. The summed E-state index contributed by atoms with van der Waals surface area (Å²) in [5.41, 5.74) is 9.60. The predicted octanol–water partition coefficient (Wildman–Crippen LogP) is 3.02. The molecule has 1 spiro atoms. The van der Waals surface area contributed by atoms with Crippen LogP contribution in [0.3, 0.4) is 0 Å². The van der Waals surface area contributed by atoms with Crippen LogP contribution in [0.15, 0.2) is 36.4 Å². The van der Waals surface area contributed by atoms with E-state index in [4.69, 9.17) is 10.5 Å². The van der Waals surface area contributed by atoms with Crippen LogP contribution in [0.5, 0.6) is 11.5 Å². The van der Waals surface area contributed by atoms with E-state index in [1.807, 2.05) is 30.3 Å². The molecule has 1 aliphatic carbocycles. The highest BCUT2D eigenvalue weighted by Crippen LogP contribution is 2.57. The van der Waals surface area contributed by atoms with Crippen molar-refractivity contribution in [3.8, 4) is 22.6 Å². The van der Waals surface area contributed by atoms with Gasteiger partial charge in [0.05, 0.1) is 0 Å². The zero-order valence-electron chi connectivity index (χ0n) is 9.81. The van der Waals surface area contributed by atoms with Crippen molar-refractivity contribution in [3.05, 3.63) is 42.0 Å². The number of hydrogen-bond acceptors (Lipinski definition) is 3. The van der Waals surface area contributed by atoms with Crippen molar-refractivity contribution < 1.29 is 9.84 Å². The molecule has 0 radical (unpaired) electrons. The Hall–Kier alpha value is -2.16. The number of phenolic OH excluding ortho intramolecular Hbond substituents is 1. The van der Waals surface area contributed by atoms with E-state index >= 15 is 0 Å². The molecule has 3 N–H and O–H groups in total. The van der Waals surface area contributed by atoms with Gasteiger partial charge in [-0.3, -0.25) is 0 Å². The van der Waals surface area contributed by atoms with Crippen molar-refractivity contribution in [2.75, 3.05) is 5.73 Å². The van der Waals surface area contributed by atoms with Crippen LogP contribution in [0.1, 0.15) is 18.4 Å². The molecular formula is C15H13NO2. The Morgan fingerprint density at radius 3 is 2.61 bits per heavy atom. The highest BCUT2D eigenvalue weighted by Gasteiger charge is 2.51. The summed E-state index contributed by atoms with van der Waals surface area (Å²) in [6, 6.07) is 11.2. The number of anilines is 1. The van der Waals surface area contributed by atoms with E-state index in [0.29, 0.717) is 11.4 Å². The third-order valence-electron chi connectivity index (χ3n) is 3.80. The number of nitrogen functional groups attached to an aromatic ring is 1. The molecule has 3 heteroatoms. The highest BCUT2D eigenvalue weighted by molar-refractivity contribution is 5.79. The summed E-state index contributed by atoms with van der Waals surface area (Å²) in [5, 5.41) is 9.66. The van der Waals surface area contributed by atoms with E-state index in [2.05, 4.69) is 0 Å². The average Bonchev–Trinajstić information content (AvgIpc) is 3.10. The molecule has 0 unspecified atom stereocenters. The van der Waals surface area contributed by atoms with Gasteiger partial charge in [-0.2, -0.15) is 0 Å². The van der Waals surface area contributed by atoms with E-state index in [1.54, 1.807) is 6.07 Å². The molecule has 2 aliphatic rings. The van der Waals surface area contributed by atoms with Crippen LogP contribution >= 0.6 is 0 Å². The van der Waals surface area contributed by atoms with Gasteiger partial charge in [0.1, 0.15) is 17.1 Å². The van der Waals surface area contributed by atoms with Gasteiger partial charge >= 0.3 is 0 Å². The lowest BCUT2D eigenvalue weighted by molar-refractivity contribution is 0.177. The van der Waals surface area contributed by atoms with Crippen LogP contribution < -0.4 is 10.5 Å². The molecule has 0 atom stereocenters. The fourth-order valence-electron chi connectivity index (χ4n) is 2.74. The maximum atomic E-state index is 9.66. The molecule has 0 saturated heterocycles. The quantitative estimate of drug-likeness (QED) is 0.695. The minimum Gasteiger partial charge on any atom is -0.508 e. The first-order valence-electron chi connectivity index (χ1n) is 6.10. The second-order valence-electron chi connectivity index (χ2n) is 5.08. The van der Waals surface area contributed by atoms with Gasteiger partial charge in [-0.15, -0.1) is 0 Å². The van der Waals surface area contributed by atoms with Gasteiger partial charge in [-0.05, 0) is 42.7 Å². The highest BCUT2D eigenvalue weighted by atomic mass is 16.5. The van der Waals surface area contributed by atoms with Crippen molar-refractivity contribution in [1.82, 2.24) is 0 Å². The molecule has 0 amide bonds. The molecule has 1 aliphatic heterocycles. The van der Waals surface area contributed by atoms with Gasteiger partial charge in [-0.1, -0.05) is 6.07 Å². The lowest BCUT2D eigenvalue weighted by Gasteiger charge is -2.29. The third kappa shape index (κ3) is 1.19. The molecule has 18 heavy (non-hydrogen) atoms. The van der Waals surface area contributed by atoms with Gasteiger partial charge in [-0.25, -0.2) is 0 Å². The molecule has 1 saturated carbocycles. The lowest BCUT2D eigenvalue weighted by atomic mass is 9.91. The summed E-state index contributed by atoms with van der Waals surface area (Å²) in [6.07, 6.45) is 2.00. The van der Waals surface area contributed by atoms with E-state index in [9.17, 15) is 5.11 Å². The van der Waals surface area contributed by atoms with E-state index in [0.717, 1.165) is 35.3 Å². The summed E-state index contributed by atoms with van der Waals surface area (Å²) >= 11 is 0. The Morgan fingerprint density at radius 1 is 1.06 bits per heavy atom. The van der Waals surface area contributed by atoms with E-state index < -0.39 is 0 Å². The number of benzene rings is 2. The standard InChI is InChI=1S/C15H13NO2/c16-9-1-3-12-11-4-2-10(17)8-13(11)15(5-6-15)18-14(12)7-9/h1-4,7-8,17H,5-6,16H2. The predicted molar refractivity (Wildman–Crippen MR) is 69.5 cm³/mol. The number of nitrogens with two attached hydrogens (primary N) is 1. The third-order valence-corrected chi connectivity index (χ3v) is 3.80. The van der Waals surface area contributed by atoms with Crippen molar-refractivity contribution in [2.24, 2.45) is 0 Å². The molecule has 1 fully saturated rings. The van der Waals surface area contributed by atoms with Gasteiger partial charge < -0.3 is 15.6 Å². The molecule has 4 rings (SSSR count). The summed E-state index contributed by atoms with van der Waals surface area (Å²) in [4.78, 5) is 0. The zero-order chi connectivity index (χ0) is 12.3. The SMILES string of the molecule is Nc1ccc2c(c1)OC1(CC1)c1cc(O)ccc1-2. The first kappa shape index (κ1) is 9.83. The number of fused-ring (bicyclic) bond motifs is 4. The monoisotopic (exact) mass is 239 g/mol. The van der Waals surface area contributed by atoms with Crippen LogP contribution in [0, 0.1) is 0 Å². The Bertz CT molecular complexity index is 660. The van der Waals surface area contributed by atoms with Crippen molar-refractivity contribution in [2.45, 2.75) is 18.4 Å². The van der Waals surface area contributed by atoms with Crippen molar-refractivity contribution >= 4 is 5.69 Å². The Morgan fingerprint density at radius 2 is 1.83 bits per heavy atom. The number of aromatic hydroxyl groups is 1. The van der Waals surface area contributed by atoms with Gasteiger partial charge in [0, 0.05) is 22.9 Å². The minimum atomic E-state index is -0.227. The largest absolute Gasteiger partial charge is 0.508 e.